The fourth-order valence-corrected chi connectivity index (χ4v) is 2.50. The number of rotatable bonds is 6. The molecule has 0 saturated heterocycles. The number of hydrogen-bond donors (Lipinski definition) is 1. The fraction of sp³-hybridized carbons (Fsp3) is 0.429. The van der Waals surface area contributed by atoms with E-state index in [9.17, 15) is 0 Å². The van der Waals surface area contributed by atoms with Gasteiger partial charge in [-0.05, 0) is 31.5 Å². The molecular formula is C14H19N3S. The van der Waals surface area contributed by atoms with Crippen LogP contribution in [0, 0.1) is 6.92 Å². The van der Waals surface area contributed by atoms with Crippen molar-refractivity contribution in [1.29, 1.82) is 0 Å². The first-order valence-electron chi connectivity index (χ1n) is 6.33. The summed E-state index contributed by atoms with van der Waals surface area (Å²) in [4.78, 5) is 9.83. The lowest BCUT2D eigenvalue weighted by Gasteiger charge is -2.18. The van der Waals surface area contributed by atoms with Gasteiger partial charge in [-0.15, -0.1) is 11.3 Å². The SMILES string of the molecule is CCCNC(Cc1cncs1)c1ccc(C)nc1. The second kappa shape index (κ2) is 6.61. The lowest BCUT2D eigenvalue weighted by Crippen LogP contribution is -2.24. The standard InChI is InChI=1S/C14H19N3S/c1-3-6-16-14(7-13-9-15-10-18-13)12-5-4-11(2)17-8-12/h4-5,8-10,14,16H,3,6-7H2,1-2H3. The molecule has 18 heavy (non-hydrogen) atoms. The van der Waals surface area contributed by atoms with Gasteiger partial charge >= 0.3 is 0 Å². The van der Waals surface area contributed by atoms with E-state index in [0.717, 1.165) is 25.1 Å². The summed E-state index contributed by atoms with van der Waals surface area (Å²) in [5.41, 5.74) is 4.20. The predicted molar refractivity (Wildman–Crippen MR) is 75.8 cm³/mol. The predicted octanol–water partition coefficient (Wildman–Crippen LogP) is 3.13. The van der Waals surface area contributed by atoms with Crippen LogP contribution in [0.3, 0.4) is 0 Å². The average Bonchev–Trinajstić information content (AvgIpc) is 2.88. The first kappa shape index (κ1) is 13.2. The molecule has 0 aliphatic heterocycles. The summed E-state index contributed by atoms with van der Waals surface area (Å²) in [5, 5.41) is 3.58. The fourth-order valence-electron chi connectivity index (χ4n) is 1.86. The minimum Gasteiger partial charge on any atom is -0.310 e. The van der Waals surface area contributed by atoms with Crippen molar-refractivity contribution in [1.82, 2.24) is 15.3 Å². The number of hydrogen-bond acceptors (Lipinski definition) is 4. The van der Waals surface area contributed by atoms with Crippen LogP contribution >= 0.6 is 11.3 Å². The number of thiazole rings is 1. The molecule has 0 aromatic carbocycles. The first-order chi connectivity index (χ1) is 8.79. The highest BCUT2D eigenvalue weighted by Crippen LogP contribution is 2.20. The maximum Gasteiger partial charge on any atom is 0.0794 e. The van der Waals surface area contributed by atoms with Crippen LogP contribution in [-0.2, 0) is 6.42 Å². The molecule has 0 fully saturated rings. The summed E-state index contributed by atoms with van der Waals surface area (Å²) in [6.07, 6.45) is 6.05. The zero-order valence-corrected chi connectivity index (χ0v) is 11.7. The van der Waals surface area contributed by atoms with Gasteiger partial charge < -0.3 is 5.32 Å². The Labute approximate surface area is 112 Å². The van der Waals surface area contributed by atoms with Crippen LogP contribution in [0.4, 0.5) is 0 Å². The van der Waals surface area contributed by atoms with Crippen molar-refractivity contribution in [2.75, 3.05) is 6.54 Å². The van der Waals surface area contributed by atoms with Crippen molar-refractivity contribution in [3.8, 4) is 0 Å². The highest BCUT2D eigenvalue weighted by molar-refractivity contribution is 7.09. The third-order valence-corrected chi connectivity index (χ3v) is 3.67. The Morgan fingerprint density at radius 3 is 2.83 bits per heavy atom. The molecule has 1 N–H and O–H groups in total. The minimum atomic E-state index is 0.332. The van der Waals surface area contributed by atoms with Gasteiger partial charge in [-0.3, -0.25) is 9.97 Å². The van der Waals surface area contributed by atoms with Crippen molar-refractivity contribution in [2.24, 2.45) is 0 Å². The summed E-state index contributed by atoms with van der Waals surface area (Å²) in [6.45, 7) is 5.23. The monoisotopic (exact) mass is 261 g/mol. The number of aromatic nitrogens is 2. The molecule has 2 rings (SSSR count). The second-order valence-electron chi connectivity index (χ2n) is 4.41. The first-order valence-corrected chi connectivity index (χ1v) is 7.21. The van der Waals surface area contributed by atoms with E-state index < -0.39 is 0 Å². The van der Waals surface area contributed by atoms with Gasteiger partial charge in [-0.25, -0.2) is 0 Å². The maximum atomic E-state index is 4.39. The van der Waals surface area contributed by atoms with Crippen molar-refractivity contribution >= 4 is 11.3 Å². The van der Waals surface area contributed by atoms with Crippen LogP contribution in [0.5, 0.6) is 0 Å². The number of pyridine rings is 1. The van der Waals surface area contributed by atoms with Crippen molar-refractivity contribution in [3.05, 3.63) is 46.2 Å². The zero-order valence-electron chi connectivity index (χ0n) is 10.9. The summed E-state index contributed by atoms with van der Waals surface area (Å²) in [7, 11) is 0. The van der Waals surface area contributed by atoms with Gasteiger partial charge in [0.15, 0.2) is 0 Å². The van der Waals surface area contributed by atoms with Crippen molar-refractivity contribution in [3.63, 3.8) is 0 Å². The van der Waals surface area contributed by atoms with E-state index in [1.807, 2.05) is 24.8 Å². The molecule has 0 amide bonds. The van der Waals surface area contributed by atoms with Gasteiger partial charge in [0.25, 0.3) is 0 Å². The molecule has 1 atom stereocenters. The quantitative estimate of drug-likeness (QED) is 0.868. The number of nitrogens with zero attached hydrogens (tertiary/aromatic N) is 2. The highest BCUT2D eigenvalue weighted by atomic mass is 32.1. The third-order valence-electron chi connectivity index (χ3n) is 2.87. The Morgan fingerprint density at radius 2 is 2.22 bits per heavy atom. The van der Waals surface area contributed by atoms with E-state index in [-0.39, 0.29) is 0 Å². The Kier molecular flexibility index (Phi) is 4.84. The summed E-state index contributed by atoms with van der Waals surface area (Å²) in [6, 6.07) is 4.57. The van der Waals surface area contributed by atoms with Crippen molar-refractivity contribution < 1.29 is 0 Å². The van der Waals surface area contributed by atoms with E-state index in [4.69, 9.17) is 0 Å². The van der Waals surface area contributed by atoms with E-state index in [1.54, 1.807) is 11.3 Å². The minimum absolute atomic E-state index is 0.332. The third kappa shape index (κ3) is 3.62. The zero-order chi connectivity index (χ0) is 12.8. The molecule has 0 aliphatic rings. The van der Waals surface area contributed by atoms with E-state index in [2.05, 4.69) is 34.3 Å². The summed E-state index contributed by atoms with van der Waals surface area (Å²) < 4.78 is 0. The van der Waals surface area contributed by atoms with E-state index in [0.29, 0.717) is 6.04 Å². The Bertz CT molecular complexity index is 450. The number of nitrogens with one attached hydrogen (secondary N) is 1. The summed E-state index contributed by atoms with van der Waals surface area (Å²) in [5.74, 6) is 0. The van der Waals surface area contributed by atoms with Gasteiger partial charge in [-0.1, -0.05) is 13.0 Å². The van der Waals surface area contributed by atoms with Crippen LogP contribution in [0.15, 0.2) is 30.0 Å². The smallest absolute Gasteiger partial charge is 0.0794 e. The van der Waals surface area contributed by atoms with Gasteiger partial charge in [0.2, 0.25) is 0 Å². The maximum absolute atomic E-state index is 4.39. The Hall–Kier alpha value is -1.26. The van der Waals surface area contributed by atoms with Gasteiger partial charge in [0.05, 0.1) is 5.51 Å². The number of aryl methyl sites for hydroxylation is 1. The van der Waals surface area contributed by atoms with E-state index in [1.165, 1.54) is 10.4 Å². The molecule has 0 saturated carbocycles. The Balaban J connectivity index is 2.11. The molecule has 2 aromatic heterocycles. The molecule has 3 nitrogen and oxygen atoms in total. The lowest BCUT2D eigenvalue weighted by molar-refractivity contribution is 0.530. The van der Waals surface area contributed by atoms with Gasteiger partial charge in [0, 0.05) is 35.4 Å². The van der Waals surface area contributed by atoms with Crippen LogP contribution in [0.25, 0.3) is 0 Å². The molecule has 0 spiro atoms. The average molecular weight is 261 g/mol. The molecule has 2 heterocycles. The van der Waals surface area contributed by atoms with Crippen LogP contribution < -0.4 is 5.32 Å². The Morgan fingerprint density at radius 1 is 1.33 bits per heavy atom. The van der Waals surface area contributed by atoms with Gasteiger partial charge in [-0.2, -0.15) is 0 Å². The van der Waals surface area contributed by atoms with Crippen LogP contribution in [0.2, 0.25) is 0 Å². The normalized spacial score (nSPS) is 12.6. The molecular weight excluding hydrogens is 242 g/mol. The molecule has 1 unspecified atom stereocenters. The largest absolute Gasteiger partial charge is 0.310 e. The van der Waals surface area contributed by atoms with Crippen LogP contribution in [0.1, 0.15) is 35.5 Å². The molecule has 4 heteroatoms. The molecule has 0 radical (unpaired) electrons. The molecule has 96 valence electrons. The van der Waals surface area contributed by atoms with Crippen molar-refractivity contribution in [2.45, 2.75) is 32.7 Å². The molecule has 0 bridgehead atoms. The second-order valence-corrected chi connectivity index (χ2v) is 5.38. The topological polar surface area (TPSA) is 37.8 Å². The molecule has 0 aliphatic carbocycles. The van der Waals surface area contributed by atoms with Crippen LogP contribution in [-0.4, -0.2) is 16.5 Å². The van der Waals surface area contributed by atoms with Gasteiger partial charge in [0.1, 0.15) is 0 Å². The van der Waals surface area contributed by atoms with E-state index >= 15 is 0 Å². The lowest BCUT2D eigenvalue weighted by atomic mass is 10.0. The highest BCUT2D eigenvalue weighted by Gasteiger charge is 2.12. The molecule has 2 aromatic rings. The summed E-state index contributed by atoms with van der Waals surface area (Å²) >= 11 is 1.71.